The number of morpholine rings is 1. The number of nitrogens with zero attached hydrogens (tertiary/aromatic N) is 4. The minimum Gasteiger partial charge on any atom is -0.378 e. The van der Waals surface area contributed by atoms with Crippen molar-refractivity contribution >= 4 is 23.1 Å². The molecule has 2 fully saturated rings. The molecular weight excluding hydrogens is 362 g/mol. The van der Waals surface area contributed by atoms with Crippen LogP contribution in [0.15, 0.2) is 30.5 Å². The smallest absolute Gasteiger partial charge is 0.293 e. The number of benzene rings is 1. The molecule has 1 aromatic heterocycles. The predicted octanol–water partition coefficient (Wildman–Crippen LogP) is 3.00. The van der Waals surface area contributed by atoms with Gasteiger partial charge in [-0.15, -0.1) is 0 Å². The van der Waals surface area contributed by atoms with Crippen molar-refractivity contribution in [3.8, 4) is 0 Å². The van der Waals surface area contributed by atoms with E-state index in [1.165, 1.54) is 6.07 Å². The number of amides is 1. The molecule has 9 heteroatoms. The third kappa shape index (κ3) is 3.70. The Labute approximate surface area is 162 Å². The molecule has 1 aliphatic carbocycles. The van der Waals surface area contributed by atoms with Crippen LogP contribution in [0.25, 0.3) is 0 Å². The van der Waals surface area contributed by atoms with Crippen molar-refractivity contribution in [2.45, 2.75) is 31.7 Å². The largest absolute Gasteiger partial charge is 0.378 e. The van der Waals surface area contributed by atoms with Gasteiger partial charge in [0.05, 0.1) is 30.4 Å². The van der Waals surface area contributed by atoms with Crippen molar-refractivity contribution in [1.29, 1.82) is 0 Å². The predicted molar refractivity (Wildman–Crippen MR) is 104 cm³/mol. The molecule has 148 valence electrons. The quantitative estimate of drug-likeness (QED) is 0.627. The highest BCUT2D eigenvalue weighted by Gasteiger charge is 2.25. The number of hydrogen-bond donors (Lipinski definition) is 1. The van der Waals surface area contributed by atoms with Gasteiger partial charge in [0.15, 0.2) is 0 Å². The van der Waals surface area contributed by atoms with E-state index >= 15 is 0 Å². The summed E-state index contributed by atoms with van der Waals surface area (Å²) in [5.41, 5.74) is 0.697. The lowest BCUT2D eigenvalue weighted by Gasteiger charge is -2.28. The Hall–Kier alpha value is -2.94. The van der Waals surface area contributed by atoms with Crippen LogP contribution in [0.1, 0.15) is 42.1 Å². The number of carbonyl (C=O) groups is 1. The van der Waals surface area contributed by atoms with Crippen LogP contribution in [0, 0.1) is 10.1 Å². The molecule has 0 unspecified atom stereocenters. The van der Waals surface area contributed by atoms with E-state index in [4.69, 9.17) is 4.74 Å². The Bertz CT molecular complexity index is 869. The SMILES string of the molecule is O=C(Nc1ccnn1C1CCCC1)c1ccc(N2CCOCC2)c([N+](=O)[O-])c1. The van der Waals surface area contributed by atoms with Crippen LogP contribution >= 0.6 is 0 Å². The number of aromatic nitrogens is 2. The number of nitrogens with one attached hydrogen (secondary N) is 1. The number of anilines is 2. The average Bonchev–Trinajstić information content (AvgIpc) is 3.39. The lowest BCUT2D eigenvalue weighted by Crippen LogP contribution is -2.36. The van der Waals surface area contributed by atoms with Crippen LogP contribution in [0.5, 0.6) is 0 Å². The van der Waals surface area contributed by atoms with E-state index in [2.05, 4.69) is 10.4 Å². The first-order chi connectivity index (χ1) is 13.6. The second-order valence-corrected chi connectivity index (χ2v) is 7.11. The van der Waals surface area contributed by atoms with Gasteiger partial charge in [0.1, 0.15) is 11.5 Å². The number of hydrogen-bond acceptors (Lipinski definition) is 6. The Kier molecular flexibility index (Phi) is 5.25. The molecule has 1 aromatic carbocycles. The summed E-state index contributed by atoms with van der Waals surface area (Å²) < 4.78 is 7.16. The first-order valence-electron chi connectivity index (χ1n) is 9.59. The number of carbonyl (C=O) groups excluding carboxylic acids is 1. The Morgan fingerprint density at radius 1 is 1.21 bits per heavy atom. The van der Waals surface area contributed by atoms with Gasteiger partial charge in [-0.25, -0.2) is 4.68 Å². The molecule has 9 nitrogen and oxygen atoms in total. The van der Waals surface area contributed by atoms with Crippen molar-refractivity contribution < 1.29 is 14.5 Å². The topological polar surface area (TPSA) is 103 Å². The highest BCUT2D eigenvalue weighted by molar-refractivity contribution is 6.04. The summed E-state index contributed by atoms with van der Waals surface area (Å²) in [6, 6.07) is 6.67. The number of ether oxygens (including phenoxy) is 1. The van der Waals surface area contributed by atoms with Crippen molar-refractivity contribution in [2.75, 3.05) is 36.5 Å². The molecule has 1 N–H and O–H groups in total. The van der Waals surface area contributed by atoms with Gasteiger partial charge >= 0.3 is 0 Å². The Morgan fingerprint density at radius 2 is 1.96 bits per heavy atom. The normalized spacial score (nSPS) is 17.6. The fourth-order valence-corrected chi connectivity index (χ4v) is 3.92. The molecule has 1 aliphatic heterocycles. The van der Waals surface area contributed by atoms with E-state index in [9.17, 15) is 14.9 Å². The van der Waals surface area contributed by atoms with Gasteiger partial charge in [-0.05, 0) is 25.0 Å². The van der Waals surface area contributed by atoms with Gasteiger partial charge < -0.3 is 15.0 Å². The summed E-state index contributed by atoms with van der Waals surface area (Å²) in [5, 5.41) is 18.8. The van der Waals surface area contributed by atoms with Crippen LogP contribution in [0.3, 0.4) is 0 Å². The molecule has 2 heterocycles. The molecule has 1 amide bonds. The molecular formula is C19H23N5O4. The van der Waals surface area contributed by atoms with E-state index in [0.29, 0.717) is 43.9 Å². The number of nitro groups is 1. The number of nitro benzene ring substituents is 1. The van der Waals surface area contributed by atoms with E-state index in [1.807, 2.05) is 9.58 Å². The van der Waals surface area contributed by atoms with Gasteiger partial charge in [-0.3, -0.25) is 14.9 Å². The van der Waals surface area contributed by atoms with Crippen molar-refractivity contribution in [2.24, 2.45) is 0 Å². The molecule has 2 aromatic rings. The van der Waals surface area contributed by atoms with Crippen LogP contribution in [0.4, 0.5) is 17.2 Å². The maximum Gasteiger partial charge on any atom is 0.293 e. The van der Waals surface area contributed by atoms with Gasteiger partial charge in [0.25, 0.3) is 11.6 Å². The lowest BCUT2D eigenvalue weighted by molar-refractivity contribution is -0.384. The van der Waals surface area contributed by atoms with Gasteiger partial charge in [0.2, 0.25) is 0 Å². The van der Waals surface area contributed by atoms with Gasteiger partial charge in [0, 0.05) is 30.8 Å². The minimum atomic E-state index is -0.440. The van der Waals surface area contributed by atoms with E-state index < -0.39 is 4.92 Å². The first kappa shape index (κ1) is 18.4. The molecule has 0 spiro atoms. The van der Waals surface area contributed by atoms with Crippen LogP contribution in [0.2, 0.25) is 0 Å². The maximum atomic E-state index is 12.7. The standard InChI is InChI=1S/C19H23N5O4/c25-19(21-18-7-8-20-23(18)15-3-1-2-4-15)14-5-6-16(17(13-14)24(26)27)22-9-11-28-12-10-22/h5-8,13,15H,1-4,9-12H2,(H,21,25). The monoisotopic (exact) mass is 385 g/mol. The zero-order chi connectivity index (χ0) is 19.5. The van der Waals surface area contributed by atoms with Crippen LogP contribution < -0.4 is 10.2 Å². The van der Waals surface area contributed by atoms with Crippen LogP contribution in [-0.2, 0) is 4.74 Å². The third-order valence-electron chi connectivity index (χ3n) is 5.37. The highest BCUT2D eigenvalue weighted by atomic mass is 16.6. The first-order valence-corrected chi connectivity index (χ1v) is 9.59. The summed E-state index contributed by atoms with van der Waals surface area (Å²) in [4.78, 5) is 25.8. The molecule has 2 aliphatic rings. The number of rotatable bonds is 5. The molecule has 1 saturated carbocycles. The molecule has 0 radical (unpaired) electrons. The van der Waals surface area contributed by atoms with E-state index in [-0.39, 0.29) is 17.2 Å². The molecule has 1 saturated heterocycles. The summed E-state index contributed by atoms with van der Waals surface area (Å²) >= 11 is 0. The molecule has 0 atom stereocenters. The summed E-state index contributed by atoms with van der Waals surface area (Å²) in [5.74, 6) is 0.244. The summed E-state index contributed by atoms with van der Waals surface area (Å²) in [7, 11) is 0. The average molecular weight is 385 g/mol. The zero-order valence-corrected chi connectivity index (χ0v) is 15.5. The van der Waals surface area contributed by atoms with Crippen molar-refractivity contribution in [1.82, 2.24) is 9.78 Å². The fourth-order valence-electron chi connectivity index (χ4n) is 3.92. The summed E-state index contributed by atoms with van der Waals surface area (Å²) in [6.07, 6.45) is 6.08. The van der Waals surface area contributed by atoms with Gasteiger partial charge in [-0.1, -0.05) is 12.8 Å². The van der Waals surface area contributed by atoms with Crippen molar-refractivity contribution in [3.63, 3.8) is 0 Å². The van der Waals surface area contributed by atoms with Crippen molar-refractivity contribution in [3.05, 3.63) is 46.1 Å². The third-order valence-corrected chi connectivity index (χ3v) is 5.37. The van der Waals surface area contributed by atoms with Crippen LogP contribution in [-0.4, -0.2) is 46.9 Å². The molecule has 4 rings (SSSR count). The zero-order valence-electron chi connectivity index (χ0n) is 15.5. The highest BCUT2D eigenvalue weighted by Crippen LogP contribution is 2.32. The van der Waals surface area contributed by atoms with E-state index in [0.717, 1.165) is 25.7 Å². The second-order valence-electron chi connectivity index (χ2n) is 7.11. The fraction of sp³-hybridized carbons (Fsp3) is 0.474. The Morgan fingerprint density at radius 3 is 2.68 bits per heavy atom. The minimum absolute atomic E-state index is 0.0705. The lowest BCUT2D eigenvalue weighted by atomic mass is 10.1. The summed E-state index contributed by atoms with van der Waals surface area (Å²) in [6.45, 7) is 2.25. The maximum absolute atomic E-state index is 12.7. The molecule has 0 bridgehead atoms. The van der Waals surface area contributed by atoms with E-state index in [1.54, 1.807) is 24.4 Å². The Balaban J connectivity index is 1.55. The molecule has 28 heavy (non-hydrogen) atoms. The second kappa shape index (κ2) is 7.97. The van der Waals surface area contributed by atoms with Gasteiger partial charge in [-0.2, -0.15) is 5.10 Å².